The number of amides is 2. The van der Waals surface area contributed by atoms with Gasteiger partial charge in [0.05, 0.1) is 20.6 Å². The van der Waals surface area contributed by atoms with Gasteiger partial charge in [0.2, 0.25) is 5.91 Å². The van der Waals surface area contributed by atoms with Crippen LogP contribution in [-0.4, -0.2) is 38.5 Å². The summed E-state index contributed by atoms with van der Waals surface area (Å²) in [4.78, 5) is 26.4. The monoisotopic (exact) mass is 368 g/mol. The number of rotatable bonds is 8. The quantitative estimate of drug-likeness (QED) is 0.660. The molecule has 144 valence electrons. The normalized spacial score (nSPS) is 13.3. The number of carbonyl (C=O) groups excluding carboxylic acids is 2. The van der Waals surface area contributed by atoms with Gasteiger partial charge in [-0.25, -0.2) is 0 Å². The first-order valence-corrected chi connectivity index (χ1v) is 9.38. The topological polar surface area (TPSA) is 62.6 Å². The van der Waals surface area contributed by atoms with Crippen molar-refractivity contribution in [2.75, 3.05) is 20.6 Å². The summed E-state index contributed by atoms with van der Waals surface area (Å²) in [5.74, 6) is -0.404. The maximum atomic E-state index is 12.8. The van der Waals surface area contributed by atoms with Crippen molar-refractivity contribution in [1.29, 1.82) is 0 Å². The van der Waals surface area contributed by atoms with Crippen LogP contribution in [0.3, 0.4) is 0 Å². The van der Waals surface area contributed by atoms with E-state index in [4.69, 9.17) is 0 Å². The first-order valence-electron chi connectivity index (χ1n) is 9.38. The van der Waals surface area contributed by atoms with Gasteiger partial charge in [0.1, 0.15) is 12.1 Å². The summed E-state index contributed by atoms with van der Waals surface area (Å²) >= 11 is 0. The van der Waals surface area contributed by atoms with Crippen LogP contribution in [-0.2, 0) is 4.79 Å². The van der Waals surface area contributed by atoms with Crippen LogP contribution in [0.5, 0.6) is 0 Å². The molecule has 0 unspecified atom stereocenters. The van der Waals surface area contributed by atoms with Gasteiger partial charge in [-0.2, -0.15) is 0 Å². The van der Waals surface area contributed by atoms with Gasteiger partial charge in [0.25, 0.3) is 5.91 Å². The molecule has 2 amide bonds. The van der Waals surface area contributed by atoms with Crippen LogP contribution >= 0.6 is 0 Å². The highest BCUT2D eigenvalue weighted by atomic mass is 16.2. The van der Waals surface area contributed by atoms with Gasteiger partial charge < -0.3 is 15.5 Å². The Balaban J connectivity index is 2.03. The molecule has 27 heavy (non-hydrogen) atoms. The maximum absolute atomic E-state index is 12.8. The van der Waals surface area contributed by atoms with Crippen LogP contribution < -0.4 is 15.5 Å². The molecule has 0 aliphatic heterocycles. The lowest BCUT2D eigenvalue weighted by Crippen LogP contribution is -3.07. The summed E-state index contributed by atoms with van der Waals surface area (Å²) in [6, 6.07) is 18.7. The molecule has 0 saturated carbocycles. The predicted octanol–water partition coefficient (Wildman–Crippen LogP) is 1.44. The fraction of sp³-hybridized carbons (Fsp3) is 0.364. The lowest BCUT2D eigenvalue weighted by atomic mass is 10.0. The second-order valence-electron chi connectivity index (χ2n) is 7.35. The molecule has 2 aromatic rings. The summed E-state index contributed by atoms with van der Waals surface area (Å²) in [6.07, 6.45) is 0. The fourth-order valence-electron chi connectivity index (χ4n) is 3.00. The summed E-state index contributed by atoms with van der Waals surface area (Å²) in [5, 5.41) is 5.89. The van der Waals surface area contributed by atoms with Crippen molar-refractivity contribution in [2.24, 2.45) is 5.92 Å². The fourth-order valence-corrected chi connectivity index (χ4v) is 3.00. The van der Waals surface area contributed by atoms with E-state index >= 15 is 0 Å². The Kier molecular flexibility index (Phi) is 7.55. The standard InChI is InChI=1S/C22H29N3O2/c1-16(2)20(24-21(26)18-13-9-6-10-14-18)22(27)23-15-19(25(3)4)17-11-7-5-8-12-17/h5-14,16,19-20H,15H2,1-4H3,(H,23,27)(H,24,26)/p+1/t19-,20+/m0/s1. The van der Waals surface area contributed by atoms with Gasteiger partial charge in [-0.15, -0.1) is 0 Å². The molecule has 0 aliphatic rings. The Labute approximate surface area is 161 Å². The third-order valence-corrected chi connectivity index (χ3v) is 4.65. The van der Waals surface area contributed by atoms with Crippen molar-refractivity contribution < 1.29 is 14.5 Å². The Bertz CT molecular complexity index is 730. The Morgan fingerprint density at radius 3 is 2.00 bits per heavy atom. The van der Waals surface area contributed by atoms with E-state index in [1.165, 1.54) is 10.5 Å². The minimum absolute atomic E-state index is 0.0143. The van der Waals surface area contributed by atoms with Crippen molar-refractivity contribution in [1.82, 2.24) is 10.6 Å². The van der Waals surface area contributed by atoms with Crippen LogP contribution in [0, 0.1) is 5.92 Å². The molecular formula is C22H30N3O2+. The Morgan fingerprint density at radius 1 is 0.926 bits per heavy atom. The molecule has 2 aromatic carbocycles. The van der Waals surface area contributed by atoms with Crippen LogP contribution in [0.1, 0.15) is 35.8 Å². The highest BCUT2D eigenvalue weighted by Gasteiger charge is 2.26. The second-order valence-corrected chi connectivity index (χ2v) is 7.35. The molecular weight excluding hydrogens is 338 g/mol. The number of hydrogen-bond donors (Lipinski definition) is 3. The molecule has 3 N–H and O–H groups in total. The van der Waals surface area contributed by atoms with Crippen LogP contribution in [0.15, 0.2) is 60.7 Å². The summed E-state index contributed by atoms with van der Waals surface area (Å²) in [7, 11) is 4.14. The summed E-state index contributed by atoms with van der Waals surface area (Å²) in [5.41, 5.74) is 1.73. The molecule has 0 saturated heterocycles. The first-order chi connectivity index (χ1) is 12.9. The molecule has 0 spiro atoms. The van der Waals surface area contributed by atoms with Gasteiger partial charge >= 0.3 is 0 Å². The Hall–Kier alpha value is -2.66. The second kappa shape index (κ2) is 9.88. The highest BCUT2D eigenvalue weighted by molar-refractivity contribution is 5.97. The van der Waals surface area contributed by atoms with E-state index < -0.39 is 6.04 Å². The van der Waals surface area contributed by atoms with E-state index in [-0.39, 0.29) is 23.8 Å². The van der Waals surface area contributed by atoms with Gasteiger partial charge in [-0.1, -0.05) is 62.4 Å². The molecule has 2 rings (SSSR count). The number of carbonyl (C=O) groups is 2. The minimum Gasteiger partial charge on any atom is -0.348 e. The molecule has 0 fully saturated rings. The Morgan fingerprint density at radius 2 is 1.48 bits per heavy atom. The third kappa shape index (κ3) is 5.93. The summed E-state index contributed by atoms with van der Waals surface area (Å²) < 4.78 is 0. The van der Waals surface area contributed by atoms with Gasteiger partial charge in [0, 0.05) is 11.1 Å². The van der Waals surface area contributed by atoms with Gasteiger partial charge in [-0.05, 0) is 18.1 Å². The zero-order valence-corrected chi connectivity index (χ0v) is 16.5. The predicted molar refractivity (Wildman–Crippen MR) is 108 cm³/mol. The van der Waals surface area contributed by atoms with Crippen molar-refractivity contribution in [3.63, 3.8) is 0 Å². The van der Waals surface area contributed by atoms with E-state index in [0.29, 0.717) is 12.1 Å². The number of hydrogen-bond acceptors (Lipinski definition) is 2. The maximum Gasteiger partial charge on any atom is 0.251 e. The van der Waals surface area contributed by atoms with E-state index in [1.807, 2.05) is 50.2 Å². The number of benzene rings is 2. The first kappa shape index (κ1) is 20.6. The largest absolute Gasteiger partial charge is 0.348 e. The van der Waals surface area contributed by atoms with E-state index in [2.05, 4.69) is 36.9 Å². The van der Waals surface area contributed by atoms with Crippen LogP contribution in [0.25, 0.3) is 0 Å². The third-order valence-electron chi connectivity index (χ3n) is 4.65. The molecule has 0 aromatic heterocycles. The van der Waals surface area contributed by atoms with Gasteiger partial charge in [-0.3, -0.25) is 9.59 Å². The lowest BCUT2D eigenvalue weighted by Gasteiger charge is -2.25. The van der Waals surface area contributed by atoms with Gasteiger partial charge in [0.15, 0.2) is 0 Å². The molecule has 2 atom stereocenters. The molecule has 0 heterocycles. The highest BCUT2D eigenvalue weighted by Crippen LogP contribution is 2.09. The number of likely N-dealkylation sites (N-methyl/N-ethyl adjacent to an activating group) is 1. The van der Waals surface area contributed by atoms with Crippen molar-refractivity contribution in [3.05, 3.63) is 71.8 Å². The lowest BCUT2D eigenvalue weighted by molar-refractivity contribution is -0.890. The van der Waals surface area contributed by atoms with E-state index in [0.717, 1.165) is 0 Å². The molecule has 0 radical (unpaired) electrons. The minimum atomic E-state index is -0.578. The smallest absolute Gasteiger partial charge is 0.251 e. The molecule has 0 aliphatic carbocycles. The van der Waals surface area contributed by atoms with Crippen LogP contribution in [0.2, 0.25) is 0 Å². The molecule has 0 bridgehead atoms. The summed E-state index contributed by atoms with van der Waals surface area (Å²) in [6.45, 7) is 4.37. The van der Waals surface area contributed by atoms with Crippen molar-refractivity contribution in [2.45, 2.75) is 25.9 Å². The van der Waals surface area contributed by atoms with E-state index in [9.17, 15) is 9.59 Å². The average Bonchev–Trinajstić information content (AvgIpc) is 2.67. The SMILES string of the molecule is CC(C)[C@@H](NC(=O)c1ccccc1)C(=O)NC[C@@H](c1ccccc1)[NH+](C)C. The molecule has 5 nitrogen and oxygen atoms in total. The van der Waals surface area contributed by atoms with Crippen molar-refractivity contribution >= 4 is 11.8 Å². The zero-order valence-electron chi connectivity index (χ0n) is 16.5. The average molecular weight is 369 g/mol. The van der Waals surface area contributed by atoms with Crippen LogP contribution in [0.4, 0.5) is 0 Å². The van der Waals surface area contributed by atoms with E-state index in [1.54, 1.807) is 12.1 Å². The number of quaternary nitrogens is 1. The molecule has 5 heteroatoms. The number of nitrogens with one attached hydrogen (secondary N) is 3. The van der Waals surface area contributed by atoms with Crippen molar-refractivity contribution in [3.8, 4) is 0 Å². The zero-order chi connectivity index (χ0) is 19.8.